The van der Waals surface area contributed by atoms with E-state index >= 15 is 0 Å². The molecule has 0 unspecified atom stereocenters. The standard InChI is InChI=1S/C16H26O5/c1-2-3-4-5-6-7-8-9-10-13-16(19)20-14(17)11-12-15(18)21-16/h11-12,19H,2-10,13H2,1H3. The normalized spacial score (nSPS) is 17.2. The molecule has 0 bridgehead atoms. The lowest BCUT2D eigenvalue weighted by molar-refractivity contribution is -0.322. The molecule has 0 aliphatic carbocycles. The van der Waals surface area contributed by atoms with Gasteiger partial charge in [-0.15, -0.1) is 0 Å². The molecule has 0 atom stereocenters. The van der Waals surface area contributed by atoms with Gasteiger partial charge in [0.15, 0.2) is 0 Å². The molecule has 120 valence electrons. The van der Waals surface area contributed by atoms with Crippen LogP contribution in [0.25, 0.3) is 0 Å². The average molecular weight is 298 g/mol. The van der Waals surface area contributed by atoms with Crippen LogP contribution in [0.5, 0.6) is 0 Å². The van der Waals surface area contributed by atoms with E-state index in [1.807, 2.05) is 0 Å². The molecule has 0 aromatic heterocycles. The highest BCUT2D eigenvalue weighted by atomic mass is 16.8. The number of cyclic esters (lactones) is 2. The Labute approximate surface area is 126 Å². The molecule has 21 heavy (non-hydrogen) atoms. The first-order chi connectivity index (χ1) is 10.1. The Morgan fingerprint density at radius 1 is 0.857 bits per heavy atom. The Morgan fingerprint density at radius 3 is 1.76 bits per heavy atom. The Hall–Kier alpha value is -1.36. The van der Waals surface area contributed by atoms with Crippen molar-refractivity contribution < 1.29 is 24.2 Å². The lowest BCUT2D eigenvalue weighted by Crippen LogP contribution is -2.37. The molecular formula is C16H26O5. The van der Waals surface area contributed by atoms with E-state index in [9.17, 15) is 14.7 Å². The third kappa shape index (κ3) is 7.85. The maximum absolute atomic E-state index is 11.2. The molecule has 1 aliphatic heterocycles. The van der Waals surface area contributed by atoms with Crippen molar-refractivity contribution in [3.63, 3.8) is 0 Å². The van der Waals surface area contributed by atoms with Crippen molar-refractivity contribution in [2.75, 3.05) is 0 Å². The molecule has 1 heterocycles. The van der Waals surface area contributed by atoms with Crippen molar-refractivity contribution in [1.29, 1.82) is 0 Å². The van der Waals surface area contributed by atoms with Crippen LogP contribution in [0.3, 0.4) is 0 Å². The summed E-state index contributed by atoms with van der Waals surface area (Å²) in [4.78, 5) is 22.4. The van der Waals surface area contributed by atoms with Gasteiger partial charge in [-0.3, -0.25) is 0 Å². The van der Waals surface area contributed by atoms with Crippen LogP contribution in [0.4, 0.5) is 0 Å². The Bertz CT molecular complexity index is 342. The van der Waals surface area contributed by atoms with Crippen LogP contribution in [0.2, 0.25) is 0 Å². The maximum Gasteiger partial charge on any atom is 0.373 e. The van der Waals surface area contributed by atoms with Gasteiger partial charge in [-0.2, -0.15) is 0 Å². The zero-order chi connectivity index (χ0) is 15.6. The summed E-state index contributed by atoms with van der Waals surface area (Å²) in [7, 11) is 0. The number of aliphatic hydroxyl groups is 1. The van der Waals surface area contributed by atoms with E-state index in [1.165, 1.54) is 38.5 Å². The molecule has 0 radical (unpaired) electrons. The summed E-state index contributed by atoms with van der Waals surface area (Å²) >= 11 is 0. The predicted molar refractivity (Wildman–Crippen MR) is 78.1 cm³/mol. The van der Waals surface area contributed by atoms with Crippen molar-refractivity contribution in [3.05, 3.63) is 12.2 Å². The van der Waals surface area contributed by atoms with Crippen molar-refractivity contribution in [1.82, 2.24) is 0 Å². The van der Waals surface area contributed by atoms with Crippen LogP contribution in [-0.4, -0.2) is 23.0 Å². The van der Waals surface area contributed by atoms with Gasteiger partial charge in [-0.25, -0.2) is 9.59 Å². The minimum absolute atomic E-state index is 0.113. The minimum atomic E-state index is -2.11. The van der Waals surface area contributed by atoms with E-state index in [0.29, 0.717) is 6.42 Å². The van der Waals surface area contributed by atoms with Crippen molar-refractivity contribution >= 4 is 11.9 Å². The fourth-order valence-electron chi connectivity index (χ4n) is 2.30. The molecule has 0 aromatic carbocycles. The number of esters is 2. The molecule has 0 amide bonds. The van der Waals surface area contributed by atoms with E-state index in [2.05, 4.69) is 6.92 Å². The van der Waals surface area contributed by atoms with Crippen molar-refractivity contribution in [2.45, 2.75) is 77.1 Å². The first-order valence-corrected chi connectivity index (χ1v) is 7.92. The monoisotopic (exact) mass is 298 g/mol. The Kier molecular flexibility index (Phi) is 8.05. The SMILES string of the molecule is CCCCCCCCCCCC1(O)OC(=O)C=CC(=O)O1. The van der Waals surface area contributed by atoms with Crippen LogP contribution in [0, 0.1) is 0 Å². The van der Waals surface area contributed by atoms with Gasteiger partial charge in [-0.05, 0) is 6.42 Å². The second-order valence-corrected chi connectivity index (χ2v) is 5.47. The summed E-state index contributed by atoms with van der Waals surface area (Å²) in [6.07, 6.45) is 12.2. The molecule has 0 saturated heterocycles. The summed E-state index contributed by atoms with van der Waals surface area (Å²) in [6, 6.07) is 0. The molecule has 1 N–H and O–H groups in total. The van der Waals surface area contributed by atoms with Gasteiger partial charge < -0.3 is 14.6 Å². The van der Waals surface area contributed by atoms with E-state index in [0.717, 1.165) is 25.0 Å². The largest absolute Gasteiger partial charge is 0.395 e. The molecule has 0 aromatic rings. The topological polar surface area (TPSA) is 72.8 Å². The van der Waals surface area contributed by atoms with Crippen LogP contribution in [0.1, 0.15) is 71.1 Å². The molecule has 0 fully saturated rings. The number of hydrogen-bond donors (Lipinski definition) is 1. The third-order valence-corrected chi connectivity index (χ3v) is 3.47. The van der Waals surface area contributed by atoms with Crippen LogP contribution in [0.15, 0.2) is 12.2 Å². The molecule has 1 rings (SSSR count). The maximum atomic E-state index is 11.2. The fourth-order valence-corrected chi connectivity index (χ4v) is 2.30. The molecule has 0 spiro atoms. The summed E-state index contributed by atoms with van der Waals surface area (Å²) in [5, 5.41) is 9.97. The number of rotatable bonds is 10. The Morgan fingerprint density at radius 2 is 1.29 bits per heavy atom. The molecule has 0 saturated carbocycles. The van der Waals surface area contributed by atoms with Gasteiger partial charge in [0.25, 0.3) is 0 Å². The van der Waals surface area contributed by atoms with Gasteiger partial charge >= 0.3 is 17.9 Å². The van der Waals surface area contributed by atoms with Crippen LogP contribution in [-0.2, 0) is 19.1 Å². The van der Waals surface area contributed by atoms with Crippen LogP contribution < -0.4 is 0 Å². The highest BCUT2D eigenvalue weighted by Crippen LogP contribution is 2.22. The summed E-state index contributed by atoms with van der Waals surface area (Å²) in [5.74, 6) is -3.64. The first-order valence-electron chi connectivity index (χ1n) is 7.92. The molecule has 1 aliphatic rings. The van der Waals surface area contributed by atoms with E-state index in [-0.39, 0.29) is 6.42 Å². The van der Waals surface area contributed by atoms with E-state index in [1.54, 1.807) is 0 Å². The van der Waals surface area contributed by atoms with Gasteiger partial charge in [0, 0.05) is 12.2 Å². The second kappa shape index (κ2) is 9.55. The van der Waals surface area contributed by atoms with Gasteiger partial charge in [0.05, 0.1) is 6.42 Å². The molecular weight excluding hydrogens is 272 g/mol. The van der Waals surface area contributed by atoms with Crippen LogP contribution >= 0.6 is 0 Å². The fraction of sp³-hybridized carbons (Fsp3) is 0.750. The summed E-state index contributed by atoms with van der Waals surface area (Å²) < 4.78 is 9.46. The lowest BCUT2D eigenvalue weighted by Gasteiger charge is -2.24. The molecule has 5 heteroatoms. The third-order valence-electron chi connectivity index (χ3n) is 3.47. The minimum Gasteiger partial charge on any atom is -0.395 e. The van der Waals surface area contributed by atoms with Crippen molar-refractivity contribution in [2.24, 2.45) is 0 Å². The number of hydrogen-bond acceptors (Lipinski definition) is 5. The highest BCUT2D eigenvalue weighted by molar-refractivity contribution is 5.93. The van der Waals surface area contributed by atoms with E-state index in [4.69, 9.17) is 9.47 Å². The highest BCUT2D eigenvalue weighted by Gasteiger charge is 2.36. The first kappa shape index (κ1) is 17.7. The molecule has 5 nitrogen and oxygen atoms in total. The average Bonchev–Trinajstić information content (AvgIpc) is 2.55. The zero-order valence-electron chi connectivity index (χ0n) is 12.8. The second-order valence-electron chi connectivity index (χ2n) is 5.47. The number of ether oxygens (including phenoxy) is 2. The van der Waals surface area contributed by atoms with Gasteiger partial charge in [-0.1, -0.05) is 58.3 Å². The van der Waals surface area contributed by atoms with Crippen molar-refractivity contribution in [3.8, 4) is 0 Å². The van der Waals surface area contributed by atoms with E-state index < -0.39 is 17.9 Å². The smallest absolute Gasteiger partial charge is 0.373 e. The Balaban J connectivity index is 2.11. The van der Waals surface area contributed by atoms with Gasteiger partial charge in [0.2, 0.25) is 0 Å². The lowest BCUT2D eigenvalue weighted by atomic mass is 10.1. The zero-order valence-corrected chi connectivity index (χ0v) is 12.8. The van der Waals surface area contributed by atoms with Gasteiger partial charge in [0.1, 0.15) is 0 Å². The number of carbonyl (C=O) groups excluding carboxylic acids is 2. The summed E-state index contributed by atoms with van der Waals surface area (Å²) in [5.41, 5.74) is 0. The predicted octanol–water partition coefficient (Wildman–Crippen LogP) is 3.21. The quantitative estimate of drug-likeness (QED) is 0.495. The number of carbonyl (C=O) groups is 2. The number of unbranched alkanes of at least 4 members (excludes halogenated alkanes) is 8. The summed E-state index contributed by atoms with van der Waals surface area (Å²) in [6.45, 7) is 2.20.